The minimum Gasteiger partial charge on any atom is -0.394 e. The van der Waals surface area contributed by atoms with E-state index in [0.29, 0.717) is 11.4 Å². The molecule has 0 bridgehead atoms. The zero-order valence-electron chi connectivity index (χ0n) is 14.7. The molecule has 1 aromatic carbocycles. The number of carbonyl (C=O) groups is 1. The number of nitrogen functional groups attached to an aromatic ring is 1. The maximum absolute atomic E-state index is 12.6. The van der Waals surface area contributed by atoms with Crippen LogP contribution in [0.15, 0.2) is 48.9 Å². The maximum Gasteiger partial charge on any atom is 0.253 e. The van der Waals surface area contributed by atoms with Crippen LogP contribution < -0.4 is 11.1 Å². The van der Waals surface area contributed by atoms with Crippen molar-refractivity contribution < 1.29 is 9.90 Å². The number of aliphatic hydroxyl groups excluding tert-OH is 1. The number of aliphatic hydroxyl groups is 1. The number of aryl methyl sites for hydroxylation is 2. The first-order valence-electron chi connectivity index (χ1n) is 8.23. The van der Waals surface area contributed by atoms with Crippen LogP contribution in [0.25, 0.3) is 5.82 Å². The Hall–Kier alpha value is -3.19. The first kappa shape index (κ1) is 17.6. The zero-order valence-corrected chi connectivity index (χ0v) is 14.7. The topological polar surface area (TPSA) is 106 Å². The SMILES string of the molecule is Cc1cccc([C@@H](CO)NC(=O)c2ccn(-c3nc(N)ncc3C)c2)c1. The molecular formula is C19H21N5O2. The molecule has 2 aromatic heterocycles. The van der Waals surface area contributed by atoms with E-state index < -0.39 is 6.04 Å². The van der Waals surface area contributed by atoms with E-state index in [1.807, 2.05) is 38.1 Å². The van der Waals surface area contributed by atoms with Gasteiger partial charge >= 0.3 is 0 Å². The van der Waals surface area contributed by atoms with Gasteiger partial charge in [-0.05, 0) is 25.5 Å². The number of nitrogens with one attached hydrogen (secondary N) is 1. The highest BCUT2D eigenvalue weighted by Gasteiger charge is 2.16. The summed E-state index contributed by atoms with van der Waals surface area (Å²) in [6.45, 7) is 3.65. The average Bonchev–Trinajstić information content (AvgIpc) is 3.11. The monoisotopic (exact) mass is 351 g/mol. The molecule has 1 amide bonds. The molecule has 0 aliphatic rings. The maximum atomic E-state index is 12.6. The third-order valence-corrected chi connectivity index (χ3v) is 4.10. The van der Waals surface area contributed by atoms with Crippen molar-refractivity contribution in [3.63, 3.8) is 0 Å². The van der Waals surface area contributed by atoms with E-state index in [0.717, 1.165) is 16.7 Å². The van der Waals surface area contributed by atoms with Crippen molar-refractivity contribution in [2.75, 3.05) is 12.3 Å². The van der Waals surface area contributed by atoms with Crippen molar-refractivity contribution in [2.45, 2.75) is 19.9 Å². The summed E-state index contributed by atoms with van der Waals surface area (Å²) in [6.07, 6.45) is 5.05. The molecule has 0 spiro atoms. The largest absolute Gasteiger partial charge is 0.394 e. The minimum atomic E-state index is -0.470. The Bertz CT molecular complexity index is 935. The fraction of sp³-hybridized carbons (Fsp3) is 0.211. The van der Waals surface area contributed by atoms with Crippen LogP contribution in [0.4, 0.5) is 5.95 Å². The van der Waals surface area contributed by atoms with Gasteiger partial charge in [-0.2, -0.15) is 4.98 Å². The van der Waals surface area contributed by atoms with E-state index in [9.17, 15) is 9.90 Å². The summed E-state index contributed by atoms with van der Waals surface area (Å²) >= 11 is 0. The average molecular weight is 351 g/mol. The van der Waals surface area contributed by atoms with Gasteiger partial charge in [0.15, 0.2) is 0 Å². The van der Waals surface area contributed by atoms with Crippen molar-refractivity contribution in [2.24, 2.45) is 0 Å². The molecule has 0 fully saturated rings. The second-order valence-electron chi connectivity index (χ2n) is 6.17. The Kier molecular flexibility index (Phi) is 4.99. The highest BCUT2D eigenvalue weighted by molar-refractivity contribution is 5.94. The van der Waals surface area contributed by atoms with Gasteiger partial charge in [0.05, 0.1) is 18.2 Å². The van der Waals surface area contributed by atoms with Crippen molar-refractivity contribution >= 4 is 11.9 Å². The molecule has 0 saturated carbocycles. The number of amides is 1. The lowest BCUT2D eigenvalue weighted by atomic mass is 10.0. The summed E-state index contributed by atoms with van der Waals surface area (Å²) in [7, 11) is 0. The van der Waals surface area contributed by atoms with Gasteiger partial charge in [0.25, 0.3) is 5.91 Å². The van der Waals surface area contributed by atoms with Crippen LogP contribution in [-0.4, -0.2) is 32.2 Å². The van der Waals surface area contributed by atoms with Gasteiger partial charge in [0, 0.05) is 24.2 Å². The van der Waals surface area contributed by atoms with Gasteiger partial charge in [-0.15, -0.1) is 0 Å². The van der Waals surface area contributed by atoms with E-state index in [1.165, 1.54) is 0 Å². The molecule has 4 N–H and O–H groups in total. The van der Waals surface area contributed by atoms with E-state index in [2.05, 4.69) is 15.3 Å². The van der Waals surface area contributed by atoms with Crippen LogP contribution in [0.5, 0.6) is 0 Å². The summed E-state index contributed by atoms with van der Waals surface area (Å²) in [4.78, 5) is 20.7. The molecule has 7 nitrogen and oxygen atoms in total. The molecule has 0 unspecified atom stereocenters. The van der Waals surface area contributed by atoms with Crippen LogP contribution in [0.1, 0.15) is 33.1 Å². The zero-order chi connectivity index (χ0) is 18.7. The lowest BCUT2D eigenvalue weighted by molar-refractivity contribution is 0.0916. The Morgan fingerprint density at radius 3 is 2.88 bits per heavy atom. The molecule has 0 radical (unpaired) electrons. The number of nitrogens with zero attached hydrogens (tertiary/aromatic N) is 3. The first-order valence-corrected chi connectivity index (χ1v) is 8.23. The number of nitrogens with two attached hydrogens (primary N) is 1. The molecular weight excluding hydrogens is 330 g/mol. The number of hydrogen-bond acceptors (Lipinski definition) is 5. The number of rotatable bonds is 5. The molecule has 26 heavy (non-hydrogen) atoms. The van der Waals surface area contributed by atoms with Gasteiger partial charge in [0.2, 0.25) is 5.95 Å². The predicted molar refractivity (Wildman–Crippen MR) is 99.0 cm³/mol. The minimum absolute atomic E-state index is 0.171. The molecule has 1 atom stereocenters. The number of carbonyl (C=O) groups excluding carboxylic acids is 1. The number of anilines is 1. The van der Waals surface area contributed by atoms with Gasteiger partial charge in [-0.1, -0.05) is 29.8 Å². The number of hydrogen-bond donors (Lipinski definition) is 3. The van der Waals surface area contributed by atoms with Crippen LogP contribution in [0, 0.1) is 13.8 Å². The molecule has 0 saturated heterocycles. The summed E-state index contributed by atoms with van der Waals surface area (Å²) in [5, 5.41) is 12.5. The summed E-state index contributed by atoms with van der Waals surface area (Å²) < 4.78 is 1.73. The summed E-state index contributed by atoms with van der Waals surface area (Å²) in [6, 6.07) is 8.92. The van der Waals surface area contributed by atoms with E-state index >= 15 is 0 Å². The smallest absolute Gasteiger partial charge is 0.253 e. The quantitative estimate of drug-likeness (QED) is 0.651. The normalized spacial score (nSPS) is 12.0. The highest BCUT2D eigenvalue weighted by Crippen LogP contribution is 2.17. The highest BCUT2D eigenvalue weighted by atomic mass is 16.3. The van der Waals surface area contributed by atoms with Crippen LogP contribution in [0.2, 0.25) is 0 Å². The van der Waals surface area contributed by atoms with Crippen LogP contribution in [-0.2, 0) is 0 Å². The Morgan fingerprint density at radius 2 is 2.15 bits per heavy atom. The van der Waals surface area contributed by atoms with E-state index in [-0.39, 0.29) is 18.5 Å². The molecule has 3 rings (SSSR count). The third-order valence-electron chi connectivity index (χ3n) is 4.10. The van der Waals surface area contributed by atoms with Gasteiger partial charge < -0.3 is 20.7 Å². The molecule has 134 valence electrons. The van der Waals surface area contributed by atoms with Crippen LogP contribution >= 0.6 is 0 Å². The predicted octanol–water partition coefficient (Wildman–Crippen LogP) is 1.93. The lowest BCUT2D eigenvalue weighted by Crippen LogP contribution is -2.30. The molecule has 0 aliphatic heterocycles. The van der Waals surface area contributed by atoms with Crippen molar-refractivity contribution in [1.82, 2.24) is 19.9 Å². The summed E-state index contributed by atoms with van der Waals surface area (Å²) in [5.74, 6) is 0.517. The van der Waals surface area contributed by atoms with Crippen molar-refractivity contribution in [3.05, 3.63) is 71.2 Å². The molecule has 2 heterocycles. The molecule has 0 aliphatic carbocycles. The van der Waals surface area contributed by atoms with Crippen LogP contribution in [0.3, 0.4) is 0 Å². The number of aromatic nitrogens is 3. The van der Waals surface area contributed by atoms with Gasteiger partial charge in [0.1, 0.15) is 5.82 Å². The molecule has 7 heteroatoms. The van der Waals surface area contributed by atoms with Crippen molar-refractivity contribution in [3.8, 4) is 5.82 Å². The van der Waals surface area contributed by atoms with Gasteiger partial charge in [-0.3, -0.25) is 4.79 Å². The first-order chi connectivity index (χ1) is 12.5. The standard InChI is InChI=1S/C19H21N5O2/c1-12-4-3-5-14(8-12)16(11-25)22-18(26)15-6-7-24(10-15)17-13(2)9-21-19(20)23-17/h3-10,16,25H,11H2,1-2H3,(H,22,26)(H2,20,21,23)/t16-/m1/s1. The fourth-order valence-electron chi connectivity index (χ4n) is 2.73. The Balaban J connectivity index is 1.80. The summed E-state index contributed by atoms with van der Waals surface area (Å²) in [5.41, 5.74) is 8.89. The fourth-order valence-corrected chi connectivity index (χ4v) is 2.73. The second kappa shape index (κ2) is 7.37. The lowest BCUT2D eigenvalue weighted by Gasteiger charge is -2.17. The Morgan fingerprint density at radius 1 is 1.35 bits per heavy atom. The van der Waals surface area contributed by atoms with E-state index in [1.54, 1.807) is 29.2 Å². The molecule has 3 aromatic rings. The van der Waals surface area contributed by atoms with Crippen molar-refractivity contribution in [1.29, 1.82) is 0 Å². The van der Waals surface area contributed by atoms with Gasteiger partial charge in [-0.25, -0.2) is 4.98 Å². The third kappa shape index (κ3) is 3.73. The second-order valence-corrected chi connectivity index (χ2v) is 6.17. The number of benzene rings is 1. The Labute approximate surface area is 151 Å². The van der Waals surface area contributed by atoms with E-state index in [4.69, 9.17) is 5.73 Å².